The van der Waals surface area contributed by atoms with Gasteiger partial charge in [-0.2, -0.15) is 0 Å². The summed E-state index contributed by atoms with van der Waals surface area (Å²) in [6.07, 6.45) is 1.45. The minimum absolute atomic E-state index is 0.0257. The summed E-state index contributed by atoms with van der Waals surface area (Å²) in [6.45, 7) is 0. The second kappa shape index (κ2) is 4.17. The second-order valence-electron chi connectivity index (χ2n) is 3.46. The summed E-state index contributed by atoms with van der Waals surface area (Å²) in [4.78, 5) is 31.2. The molecule has 1 fully saturated rings. The molecule has 0 aromatic carbocycles. The number of hydrogen-bond donors (Lipinski definition) is 1. The van der Waals surface area contributed by atoms with Gasteiger partial charge in [0.15, 0.2) is 0 Å². The summed E-state index contributed by atoms with van der Waals surface area (Å²) in [5.74, 6) is -2.16. The Hall–Kier alpha value is -1.46. The van der Waals surface area contributed by atoms with Gasteiger partial charge in [0.25, 0.3) is 0 Å². The normalized spacial score (nSPS) is 24.3. The van der Waals surface area contributed by atoms with Crippen LogP contribution in [0.15, 0.2) is 0 Å². The molecule has 14 heavy (non-hydrogen) atoms. The number of hydrogen-bond acceptors (Lipinski definition) is 4. The average Bonchev–Trinajstić information content (AvgIpc) is 2.02. The monoisotopic (exact) mass is 201 g/mol. The molecule has 1 saturated carbocycles. The minimum Gasteiger partial charge on any atom is -0.476 e. The fourth-order valence-electron chi connectivity index (χ4n) is 1.79. The van der Waals surface area contributed by atoms with Crippen molar-refractivity contribution in [1.82, 2.24) is 0 Å². The maximum absolute atomic E-state index is 11.0. The van der Waals surface area contributed by atoms with E-state index < -0.39 is 22.9 Å². The van der Waals surface area contributed by atoms with E-state index in [-0.39, 0.29) is 12.2 Å². The third-order valence-electron chi connectivity index (χ3n) is 2.45. The van der Waals surface area contributed by atoms with Crippen molar-refractivity contribution < 1.29 is 19.6 Å². The van der Waals surface area contributed by atoms with Gasteiger partial charge in [-0.15, -0.1) is 0 Å². The minimum atomic E-state index is -1.63. The number of nitro groups is 1. The largest absolute Gasteiger partial charge is 0.476 e. The lowest BCUT2D eigenvalue weighted by Crippen LogP contribution is -2.39. The standard InChI is InChI=1S/C8H11NO5/c10-6-3-1-2-5(4-6)7(8(11)12)9(13)14/h5,7H,1-4H2,(H,11,12). The number of nitrogens with zero attached hydrogens (tertiary/aromatic N) is 1. The first-order valence-corrected chi connectivity index (χ1v) is 4.40. The molecule has 0 aliphatic heterocycles. The first-order valence-electron chi connectivity index (χ1n) is 4.40. The maximum Gasteiger partial charge on any atom is 0.379 e. The second-order valence-corrected chi connectivity index (χ2v) is 3.46. The molecular weight excluding hydrogens is 190 g/mol. The Kier molecular flexibility index (Phi) is 3.16. The number of aliphatic carboxylic acids is 1. The number of carboxylic acid groups (broad SMARTS) is 1. The van der Waals surface area contributed by atoms with Gasteiger partial charge < -0.3 is 5.11 Å². The SMILES string of the molecule is O=C1CCCC(C(C(=O)O)[N+](=O)[O-])C1. The molecule has 78 valence electrons. The van der Waals surface area contributed by atoms with Crippen LogP contribution in [0.4, 0.5) is 0 Å². The van der Waals surface area contributed by atoms with E-state index in [1.807, 2.05) is 0 Å². The van der Waals surface area contributed by atoms with E-state index in [2.05, 4.69) is 0 Å². The molecule has 0 aromatic heterocycles. The summed E-state index contributed by atoms with van der Waals surface area (Å²) >= 11 is 0. The van der Waals surface area contributed by atoms with E-state index in [4.69, 9.17) is 5.11 Å². The van der Waals surface area contributed by atoms with Gasteiger partial charge in [-0.1, -0.05) is 0 Å². The van der Waals surface area contributed by atoms with Crippen LogP contribution in [0, 0.1) is 16.0 Å². The molecule has 6 heteroatoms. The van der Waals surface area contributed by atoms with E-state index in [1.165, 1.54) is 0 Å². The zero-order valence-corrected chi connectivity index (χ0v) is 7.51. The molecule has 1 aliphatic carbocycles. The van der Waals surface area contributed by atoms with Crippen molar-refractivity contribution in [2.75, 3.05) is 0 Å². The predicted molar refractivity (Wildman–Crippen MR) is 45.4 cm³/mol. The molecule has 1 N–H and O–H groups in total. The number of carboxylic acids is 1. The highest BCUT2D eigenvalue weighted by Crippen LogP contribution is 2.25. The Balaban J connectivity index is 2.72. The van der Waals surface area contributed by atoms with Crippen molar-refractivity contribution in [2.45, 2.75) is 31.7 Å². The van der Waals surface area contributed by atoms with Crippen molar-refractivity contribution >= 4 is 11.8 Å². The van der Waals surface area contributed by atoms with E-state index in [0.717, 1.165) is 0 Å². The number of rotatable bonds is 3. The summed E-state index contributed by atoms with van der Waals surface area (Å²) in [5.41, 5.74) is 0. The van der Waals surface area contributed by atoms with Crippen LogP contribution in [0.2, 0.25) is 0 Å². The molecule has 0 amide bonds. The van der Waals surface area contributed by atoms with Gasteiger partial charge in [0.2, 0.25) is 0 Å². The van der Waals surface area contributed by atoms with E-state index in [0.29, 0.717) is 19.3 Å². The van der Waals surface area contributed by atoms with Crippen LogP contribution in [0.1, 0.15) is 25.7 Å². The molecule has 1 aliphatic rings. The van der Waals surface area contributed by atoms with Gasteiger partial charge in [-0.3, -0.25) is 14.9 Å². The highest BCUT2D eigenvalue weighted by molar-refractivity contribution is 5.81. The van der Waals surface area contributed by atoms with Crippen LogP contribution >= 0.6 is 0 Å². The summed E-state index contributed by atoms with van der Waals surface area (Å²) in [6, 6.07) is -1.63. The fourth-order valence-corrected chi connectivity index (χ4v) is 1.79. The van der Waals surface area contributed by atoms with Gasteiger partial charge in [0, 0.05) is 23.7 Å². The highest BCUT2D eigenvalue weighted by Gasteiger charge is 2.40. The molecule has 1 rings (SSSR count). The molecule has 6 nitrogen and oxygen atoms in total. The van der Waals surface area contributed by atoms with Crippen LogP contribution in [0.5, 0.6) is 0 Å². The highest BCUT2D eigenvalue weighted by atomic mass is 16.6. The molecule has 0 aromatic rings. The number of Topliss-reactive ketones (excluding diaryl/α,β-unsaturated/α-hetero) is 1. The van der Waals surface area contributed by atoms with Crippen molar-refractivity contribution in [3.63, 3.8) is 0 Å². The zero-order valence-electron chi connectivity index (χ0n) is 7.51. The van der Waals surface area contributed by atoms with Gasteiger partial charge in [0.1, 0.15) is 5.78 Å². The van der Waals surface area contributed by atoms with Crippen LogP contribution in [0.3, 0.4) is 0 Å². The third kappa shape index (κ3) is 2.27. The van der Waals surface area contributed by atoms with Crippen LogP contribution in [-0.2, 0) is 9.59 Å². The zero-order chi connectivity index (χ0) is 10.7. The summed E-state index contributed by atoms with van der Waals surface area (Å²) in [7, 11) is 0. The Morgan fingerprint density at radius 3 is 2.71 bits per heavy atom. The number of carbonyl (C=O) groups is 2. The van der Waals surface area contributed by atoms with Crippen molar-refractivity contribution in [1.29, 1.82) is 0 Å². The lowest BCUT2D eigenvalue weighted by molar-refractivity contribution is -0.519. The molecule has 0 radical (unpaired) electrons. The Bertz CT molecular complexity index is 261. The van der Waals surface area contributed by atoms with Crippen LogP contribution < -0.4 is 0 Å². The Labute approximate surface area is 80.1 Å². The summed E-state index contributed by atoms with van der Waals surface area (Å²) in [5, 5.41) is 19.1. The average molecular weight is 201 g/mol. The number of carbonyl (C=O) groups excluding carboxylic acids is 1. The molecule has 0 saturated heterocycles. The summed E-state index contributed by atoms with van der Waals surface area (Å²) < 4.78 is 0. The van der Waals surface area contributed by atoms with Crippen LogP contribution in [-0.4, -0.2) is 27.8 Å². The van der Waals surface area contributed by atoms with E-state index >= 15 is 0 Å². The topological polar surface area (TPSA) is 97.5 Å². The molecule has 2 unspecified atom stereocenters. The molecular formula is C8H11NO5. The van der Waals surface area contributed by atoms with Crippen LogP contribution in [0.25, 0.3) is 0 Å². The quantitative estimate of drug-likeness (QED) is 0.528. The first kappa shape index (κ1) is 10.6. The maximum atomic E-state index is 11.0. The molecule has 2 atom stereocenters. The lowest BCUT2D eigenvalue weighted by Gasteiger charge is -2.20. The Morgan fingerprint density at radius 1 is 1.64 bits per heavy atom. The van der Waals surface area contributed by atoms with E-state index in [9.17, 15) is 19.7 Å². The first-order chi connectivity index (χ1) is 6.52. The van der Waals surface area contributed by atoms with Gasteiger partial charge in [-0.25, -0.2) is 4.79 Å². The molecule has 0 heterocycles. The van der Waals surface area contributed by atoms with Gasteiger partial charge in [-0.05, 0) is 12.8 Å². The van der Waals surface area contributed by atoms with E-state index in [1.54, 1.807) is 0 Å². The fraction of sp³-hybridized carbons (Fsp3) is 0.750. The Morgan fingerprint density at radius 2 is 2.29 bits per heavy atom. The molecule has 0 bridgehead atoms. The predicted octanol–water partition coefficient (Wildman–Crippen LogP) is 0.476. The molecule has 0 spiro atoms. The van der Waals surface area contributed by atoms with Crippen molar-refractivity contribution in [3.05, 3.63) is 10.1 Å². The van der Waals surface area contributed by atoms with Gasteiger partial charge in [0.05, 0.1) is 0 Å². The smallest absolute Gasteiger partial charge is 0.379 e. The lowest BCUT2D eigenvalue weighted by atomic mass is 9.83. The van der Waals surface area contributed by atoms with Crippen molar-refractivity contribution in [3.8, 4) is 0 Å². The third-order valence-corrected chi connectivity index (χ3v) is 2.45. The van der Waals surface area contributed by atoms with Crippen molar-refractivity contribution in [2.24, 2.45) is 5.92 Å². The number of ketones is 1. The van der Waals surface area contributed by atoms with Gasteiger partial charge >= 0.3 is 12.0 Å².